The maximum atomic E-state index is 11.6. The number of nitrogens with one attached hydrogen (secondary N) is 1. The Labute approximate surface area is 123 Å². The number of aromatic nitrogens is 1. The molecule has 1 amide bonds. The molecule has 0 bridgehead atoms. The second-order valence-electron chi connectivity index (χ2n) is 4.89. The zero-order valence-corrected chi connectivity index (χ0v) is 13.3. The van der Waals surface area contributed by atoms with E-state index in [1.54, 1.807) is 26.2 Å². The fraction of sp³-hybridized carbons (Fsp3) is 0.636. The maximum Gasteiger partial charge on any atom is 0.408 e. The van der Waals surface area contributed by atoms with Crippen LogP contribution in [0.4, 0.5) is 4.79 Å². The van der Waals surface area contributed by atoms with Crippen molar-refractivity contribution in [2.45, 2.75) is 38.5 Å². The first kappa shape index (κ1) is 16.4. The number of nitrogens with zero attached hydrogens (tertiary/aromatic N) is 1. The Morgan fingerprint density at radius 3 is 2.68 bits per heavy atom. The van der Waals surface area contributed by atoms with Gasteiger partial charge in [-0.25, -0.2) is 9.78 Å². The Morgan fingerprint density at radius 2 is 2.26 bits per heavy atom. The minimum absolute atomic E-state index is 0.405. The summed E-state index contributed by atoms with van der Waals surface area (Å²) in [4.78, 5) is 15.6. The van der Waals surface area contributed by atoms with Gasteiger partial charge in [0.2, 0.25) is 0 Å². The third kappa shape index (κ3) is 5.43. The van der Waals surface area contributed by atoms with Gasteiger partial charge in [-0.15, -0.1) is 11.3 Å². The SMILES string of the molecule is CC(C)(C)OC(=O)N[C@H](CO)[C@@H](O)c1nc(Br)cs1. The average molecular weight is 353 g/mol. The molecule has 0 aliphatic rings. The van der Waals surface area contributed by atoms with Crippen molar-refractivity contribution in [3.05, 3.63) is 15.0 Å². The summed E-state index contributed by atoms with van der Waals surface area (Å²) in [5.41, 5.74) is -0.640. The summed E-state index contributed by atoms with van der Waals surface area (Å²) in [7, 11) is 0. The second kappa shape index (κ2) is 6.65. The van der Waals surface area contributed by atoms with E-state index in [1.807, 2.05) is 0 Å². The number of alkyl carbamates (subject to hydrolysis) is 1. The molecular weight excluding hydrogens is 336 g/mol. The molecule has 1 aromatic heterocycles. The van der Waals surface area contributed by atoms with E-state index in [0.717, 1.165) is 0 Å². The third-order valence-electron chi connectivity index (χ3n) is 2.03. The molecule has 6 nitrogen and oxygen atoms in total. The van der Waals surface area contributed by atoms with Gasteiger partial charge in [-0.05, 0) is 36.7 Å². The number of hydrogen-bond donors (Lipinski definition) is 3. The topological polar surface area (TPSA) is 91.7 Å². The van der Waals surface area contributed by atoms with E-state index in [4.69, 9.17) is 4.74 Å². The molecule has 0 saturated carbocycles. The maximum absolute atomic E-state index is 11.6. The van der Waals surface area contributed by atoms with Crippen molar-refractivity contribution in [2.75, 3.05) is 6.61 Å². The van der Waals surface area contributed by atoms with Crippen LogP contribution in [0.2, 0.25) is 0 Å². The predicted molar refractivity (Wildman–Crippen MR) is 75.0 cm³/mol. The number of rotatable bonds is 4. The van der Waals surface area contributed by atoms with Gasteiger partial charge in [0, 0.05) is 5.38 Å². The van der Waals surface area contributed by atoms with Crippen molar-refractivity contribution in [1.82, 2.24) is 10.3 Å². The lowest BCUT2D eigenvalue weighted by atomic mass is 10.2. The molecule has 108 valence electrons. The Hall–Kier alpha value is -0.700. The highest BCUT2D eigenvalue weighted by Gasteiger charge is 2.27. The fourth-order valence-corrected chi connectivity index (χ4v) is 2.57. The average Bonchev–Trinajstić information content (AvgIpc) is 2.69. The van der Waals surface area contributed by atoms with E-state index in [0.29, 0.717) is 9.61 Å². The van der Waals surface area contributed by atoms with Gasteiger partial charge < -0.3 is 20.3 Å². The van der Waals surface area contributed by atoms with Gasteiger partial charge in [-0.3, -0.25) is 0 Å². The molecular formula is C11H17BrN2O4S. The van der Waals surface area contributed by atoms with E-state index in [1.165, 1.54) is 11.3 Å². The Bertz CT molecular complexity index is 433. The number of carbonyl (C=O) groups is 1. The van der Waals surface area contributed by atoms with Gasteiger partial charge >= 0.3 is 6.09 Å². The molecule has 0 radical (unpaired) electrons. The van der Waals surface area contributed by atoms with Gasteiger partial charge in [-0.1, -0.05) is 0 Å². The summed E-state index contributed by atoms with van der Waals surface area (Å²) in [6.45, 7) is 4.77. The highest BCUT2D eigenvalue weighted by molar-refractivity contribution is 9.10. The zero-order chi connectivity index (χ0) is 14.6. The molecule has 0 unspecified atom stereocenters. The monoisotopic (exact) mass is 352 g/mol. The summed E-state index contributed by atoms with van der Waals surface area (Å²) in [5, 5.41) is 23.8. The van der Waals surface area contributed by atoms with Crippen LogP contribution in [0.5, 0.6) is 0 Å². The highest BCUT2D eigenvalue weighted by atomic mass is 79.9. The second-order valence-corrected chi connectivity index (χ2v) is 6.59. The lowest BCUT2D eigenvalue weighted by Crippen LogP contribution is -2.44. The summed E-state index contributed by atoms with van der Waals surface area (Å²) < 4.78 is 5.66. The molecule has 8 heteroatoms. The van der Waals surface area contributed by atoms with Crippen LogP contribution in [0, 0.1) is 0 Å². The number of halogens is 1. The van der Waals surface area contributed by atoms with Gasteiger partial charge in [0.05, 0.1) is 12.6 Å². The molecule has 0 fully saturated rings. The third-order valence-corrected chi connectivity index (χ3v) is 3.65. The number of thiazole rings is 1. The summed E-state index contributed by atoms with van der Waals surface area (Å²) in [6.07, 6.45) is -1.78. The van der Waals surface area contributed by atoms with E-state index >= 15 is 0 Å². The van der Waals surface area contributed by atoms with E-state index in [9.17, 15) is 15.0 Å². The van der Waals surface area contributed by atoms with Crippen LogP contribution in [0.1, 0.15) is 31.9 Å². The van der Waals surface area contributed by atoms with Crippen molar-refractivity contribution < 1.29 is 19.7 Å². The molecule has 0 aliphatic carbocycles. The number of aliphatic hydroxyl groups excluding tert-OH is 2. The fourth-order valence-electron chi connectivity index (χ4n) is 1.26. The van der Waals surface area contributed by atoms with Crippen LogP contribution in [-0.4, -0.2) is 39.5 Å². The van der Waals surface area contributed by atoms with Crippen LogP contribution in [0.3, 0.4) is 0 Å². The van der Waals surface area contributed by atoms with Gasteiger partial charge in [-0.2, -0.15) is 0 Å². The molecule has 1 rings (SSSR count). The molecule has 0 aliphatic heterocycles. The van der Waals surface area contributed by atoms with Crippen LogP contribution < -0.4 is 5.32 Å². The predicted octanol–water partition coefficient (Wildman–Crippen LogP) is 1.82. The van der Waals surface area contributed by atoms with Crippen molar-refractivity contribution in [3.63, 3.8) is 0 Å². The smallest absolute Gasteiger partial charge is 0.408 e. The minimum atomic E-state index is -1.09. The standard InChI is InChI=1S/C11H17BrN2O4S/c1-11(2,3)18-10(17)13-6(4-15)8(16)9-14-7(12)5-19-9/h5-6,8,15-16H,4H2,1-3H3,(H,13,17)/t6-,8-/m1/s1. The molecule has 1 heterocycles. The Morgan fingerprint density at radius 1 is 1.63 bits per heavy atom. The number of carbonyl (C=O) groups excluding carboxylic acids is 1. The molecule has 19 heavy (non-hydrogen) atoms. The van der Waals surface area contributed by atoms with Gasteiger partial charge in [0.1, 0.15) is 21.3 Å². The van der Waals surface area contributed by atoms with E-state index < -0.39 is 30.4 Å². The Balaban J connectivity index is 2.65. The van der Waals surface area contributed by atoms with E-state index in [-0.39, 0.29) is 0 Å². The van der Waals surface area contributed by atoms with E-state index in [2.05, 4.69) is 26.2 Å². The first-order valence-electron chi connectivity index (χ1n) is 5.62. The lowest BCUT2D eigenvalue weighted by molar-refractivity contribution is 0.0349. The number of amides is 1. The van der Waals surface area contributed by atoms with Crippen LogP contribution >= 0.6 is 27.3 Å². The zero-order valence-electron chi connectivity index (χ0n) is 10.9. The highest BCUT2D eigenvalue weighted by Crippen LogP contribution is 2.23. The van der Waals surface area contributed by atoms with Gasteiger partial charge in [0.25, 0.3) is 0 Å². The summed E-state index contributed by atoms with van der Waals surface area (Å²) >= 11 is 4.41. The first-order valence-corrected chi connectivity index (χ1v) is 7.29. The van der Waals surface area contributed by atoms with Crippen molar-refractivity contribution in [3.8, 4) is 0 Å². The normalized spacial score (nSPS) is 14.8. The van der Waals surface area contributed by atoms with Crippen LogP contribution in [0.15, 0.2) is 9.98 Å². The van der Waals surface area contributed by atoms with Crippen LogP contribution in [0.25, 0.3) is 0 Å². The first-order chi connectivity index (χ1) is 8.73. The van der Waals surface area contributed by atoms with Crippen molar-refractivity contribution in [2.24, 2.45) is 0 Å². The molecule has 1 aromatic rings. The minimum Gasteiger partial charge on any atom is -0.444 e. The molecule has 0 spiro atoms. The number of hydrogen-bond acceptors (Lipinski definition) is 6. The quantitative estimate of drug-likeness (QED) is 0.768. The molecule has 0 aromatic carbocycles. The summed E-state index contributed by atoms with van der Waals surface area (Å²) in [5.74, 6) is 0. The largest absolute Gasteiger partial charge is 0.444 e. The lowest BCUT2D eigenvalue weighted by Gasteiger charge is -2.24. The molecule has 3 N–H and O–H groups in total. The number of ether oxygens (including phenoxy) is 1. The molecule has 0 saturated heterocycles. The summed E-state index contributed by atoms with van der Waals surface area (Å²) in [6, 6.07) is -0.868. The van der Waals surface area contributed by atoms with Gasteiger partial charge in [0.15, 0.2) is 0 Å². The number of aliphatic hydroxyl groups is 2. The van der Waals surface area contributed by atoms with Crippen molar-refractivity contribution in [1.29, 1.82) is 0 Å². The van der Waals surface area contributed by atoms with Crippen molar-refractivity contribution >= 4 is 33.4 Å². The van der Waals surface area contributed by atoms with Crippen LogP contribution in [-0.2, 0) is 4.74 Å². The Kier molecular flexibility index (Phi) is 5.72. The molecule has 2 atom stereocenters.